The van der Waals surface area contributed by atoms with Crippen molar-refractivity contribution in [1.29, 1.82) is 0 Å². The minimum atomic E-state index is 0.481. The molecule has 2 nitrogen and oxygen atoms in total. The minimum Gasteiger partial charge on any atom is -0.398 e. The number of nitrogens with zero attached hydrogens (tertiary/aromatic N) is 1. The molecule has 0 saturated carbocycles. The van der Waals surface area contributed by atoms with Crippen LogP contribution >= 0.6 is 0 Å². The van der Waals surface area contributed by atoms with E-state index in [1.54, 1.807) is 0 Å². The summed E-state index contributed by atoms with van der Waals surface area (Å²) in [6.07, 6.45) is 0. The summed E-state index contributed by atoms with van der Waals surface area (Å²) in [6, 6.07) is 4.51. The van der Waals surface area contributed by atoms with Gasteiger partial charge in [-0.1, -0.05) is 39.8 Å². The lowest BCUT2D eigenvalue weighted by Gasteiger charge is -2.20. The smallest absolute Gasteiger partial charge is 0.0384 e. The summed E-state index contributed by atoms with van der Waals surface area (Å²) in [5, 5.41) is 0. The van der Waals surface area contributed by atoms with E-state index in [1.807, 2.05) is 0 Å². The maximum Gasteiger partial charge on any atom is 0.0384 e. The van der Waals surface area contributed by atoms with Gasteiger partial charge < -0.3 is 10.6 Å². The molecule has 0 atom stereocenters. The number of hydrogen-bond donors (Lipinski definition) is 1. The van der Waals surface area contributed by atoms with E-state index in [1.165, 1.54) is 16.7 Å². The number of benzene rings is 1. The second-order valence-corrected chi connectivity index (χ2v) is 5.74. The second kappa shape index (κ2) is 5.54. The van der Waals surface area contributed by atoms with E-state index in [0.29, 0.717) is 11.8 Å². The van der Waals surface area contributed by atoms with Crippen LogP contribution in [0, 0.1) is 0 Å². The van der Waals surface area contributed by atoms with Crippen LogP contribution < -0.4 is 5.73 Å². The first-order valence-electron chi connectivity index (χ1n) is 6.39. The standard InChI is InChI=1S/C15H26N2/c1-10(2)13-7-12(9-17(5)6)8-14(11(3)4)15(13)16/h7-8,10-11H,9,16H2,1-6H3. The van der Waals surface area contributed by atoms with Crippen molar-refractivity contribution >= 4 is 5.69 Å². The summed E-state index contributed by atoms with van der Waals surface area (Å²) in [4.78, 5) is 2.19. The highest BCUT2D eigenvalue weighted by Crippen LogP contribution is 2.31. The first kappa shape index (κ1) is 14.0. The van der Waals surface area contributed by atoms with Gasteiger partial charge in [0.1, 0.15) is 0 Å². The summed E-state index contributed by atoms with van der Waals surface area (Å²) in [7, 11) is 4.20. The molecule has 0 aromatic heterocycles. The molecule has 1 aromatic carbocycles. The highest BCUT2D eigenvalue weighted by molar-refractivity contribution is 5.58. The molecule has 0 radical (unpaired) electrons. The molecule has 0 aliphatic rings. The molecule has 0 fully saturated rings. The van der Waals surface area contributed by atoms with Gasteiger partial charge in [-0.25, -0.2) is 0 Å². The molecular formula is C15H26N2. The topological polar surface area (TPSA) is 29.3 Å². The third kappa shape index (κ3) is 3.47. The van der Waals surface area contributed by atoms with Crippen molar-refractivity contribution in [3.63, 3.8) is 0 Å². The monoisotopic (exact) mass is 234 g/mol. The van der Waals surface area contributed by atoms with Crippen LogP contribution in [0.15, 0.2) is 12.1 Å². The molecule has 2 heteroatoms. The first-order chi connectivity index (χ1) is 7.82. The zero-order chi connectivity index (χ0) is 13.2. The van der Waals surface area contributed by atoms with E-state index in [-0.39, 0.29) is 0 Å². The van der Waals surface area contributed by atoms with Crippen molar-refractivity contribution in [1.82, 2.24) is 4.90 Å². The van der Waals surface area contributed by atoms with Gasteiger partial charge in [0.05, 0.1) is 0 Å². The fraction of sp³-hybridized carbons (Fsp3) is 0.600. The van der Waals surface area contributed by atoms with E-state index in [2.05, 4.69) is 58.8 Å². The molecule has 0 aliphatic heterocycles. The first-order valence-corrected chi connectivity index (χ1v) is 6.39. The normalized spacial score (nSPS) is 11.8. The van der Waals surface area contributed by atoms with E-state index < -0.39 is 0 Å². The Kier molecular flexibility index (Phi) is 4.58. The number of anilines is 1. The minimum absolute atomic E-state index is 0.481. The Bertz CT molecular complexity index is 350. The van der Waals surface area contributed by atoms with Crippen molar-refractivity contribution in [2.75, 3.05) is 19.8 Å². The Morgan fingerprint density at radius 1 is 1.00 bits per heavy atom. The molecule has 0 amide bonds. The molecule has 1 rings (SSSR count). The van der Waals surface area contributed by atoms with Gasteiger partial charge >= 0.3 is 0 Å². The largest absolute Gasteiger partial charge is 0.398 e. The molecule has 0 unspecified atom stereocenters. The zero-order valence-corrected chi connectivity index (χ0v) is 12.0. The van der Waals surface area contributed by atoms with Crippen molar-refractivity contribution < 1.29 is 0 Å². The lowest BCUT2D eigenvalue weighted by Crippen LogP contribution is -2.13. The lowest BCUT2D eigenvalue weighted by molar-refractivity contribution is 0.402. The SMILES string of the molecule is CC(C)c1cc(CN(C)C)cc(C(C)C)c1N. The predicted molar refractivity (Wildman–Crippen MR) is 76.4 cm³/mol. The van der Waals surface area contributed by atoms with E-state index >= 15 is 0 Å². The van der Waals surface area contributed by atoms with E-state index in [4.69, 9.17) is 5.73 Å². The molecule has 17 heavy (non-hydrogen) atoms. The fourth-order valence-electron chi connectivity index (χ4n) is 2.18. The molecule has 0 aliphatic carbocycles. The third-order valence-electron chi connectivity index (χ3n) is 3.05. The average molecular weight is 234 g/mol. The van der Waals surface area contributed by atoms with E-state index in [0.717, 1.165) is 12.2 Å². The highest BCUT2D eigenvalue weighted by Gasteiger charge is 2.13. The van der Waals surface area contributed by atoms with Crippen molar-refractivity contribution in [2.24, 2.45) is 0 Å². The molecule has 0 bridgehead atoms. The Balaban J connectivity index is 3.26. The van der Waals surface area contributed by atoms with Crippen LogP contribution in [0.4, 0.5) is 5.69 Å². The molecule has 1 aromatic rings. The molecule has 0 spiro atoms. The van der Waals surface area contributed by atoms with Crippen LogP contribution in [-0.4, -0.2) is 19.0 Å². The summed E-state index contributed by atoms with van der Waals surface area (Å²) in [6.45, 7) is 9.79. The van der Waals surface area contributed by atoms with Gasteiger partial charge in [-0.3, -0.25) is 0 Å². The second-order valence-electron chi connectivity index (χ2n) is 5.74. The number of rotatable bonds is 4. The van der Waals surface area contributed by atoms with Gasteiger partial charge in [-0.05, 0) is 42.6 Å². The molecular weight excluding hydrogens is 208 g/mol. The van der Waals surface area contributed by atoms with Gasteiger partial charge in [0.2, 0.25) is 0 Å². The summed E-state index contributed by atoms with van der Waals surface area (Å²) in [5.74, 6) is 0.962. The van der Waals surface area contributed by atoms with Gasteiger partial charge in [-0.15, -0.1) is 0 Å². The van der Waals surface area contributed by atoms with Crippen molar-refractivity contribution in [2.45, 2.75) is 46.1 Å². The molecule has 0 heterocycles. The van der Waals surface area contributed by atoms with Crippen LogP contribution in [0.3, 0.4) is 0 Å². The average Bonchev–Trinajstić information content (AvgIpc) is 2.18. The molecule has 0 saturated heterocycles. The summed E-state index contributed by atoms with van der Waals surface area (Å²) in [5.41, 5.74) is 11.2. The van der Waals surface area contributed by atoms with Gasteiger partial charge in [-0.2, -0.15) is 0 Å². The summed E-state index contributed by atoms with van der Waals surface area (Å²) >= 11 is 0. The Labute approximate surface area is 106 Å². The van der Waals surface area contributed by atoms with Crippen LogP contribution in [0.25, 0.3) is 0 Å². The van der Waals surface area contributed by atoms with Gasteiger partial charge in [0.15, 0.2) is 0 Å². The van der Waals surface area contributed by atoms with Gasteiger partial charge in [0.25, 0.3) is 0 Å². The number of hydrogen-bond acceptors (Lipinski definition) is 2. The quantitative estimate of drug-likeness (QED) is 0.807. The Morgan fingerprint density at radius 3 is 1.71 bits per heavy atom. The van der Waals surface area contributed by atoms with Crippen molar-refractivity contribution in [3.05, 3.63) is 28.8 Å². The molecule has 2 N–H and O–H groups in total. The maximum atomic E-state index is 6.27. The maximum absolute atomic E-state index is 6.27. The Hall–Kier alpha value is -1.02. The molecule has 96 valence electrons. The van der Waals surface area contributed by atoms with Crippen molar-refractivity contribution in [3.8, 4) is 0 Å². The van der Waals surface area contributed by atoms with E-state index in [9.17, 15) is 0 Å². The third-order valence-corrected chi connectivity index (χ3v) is 3.05. The Morgan fingerprint density at radius 2 is 1.41 bits per heavy atom. The van der Waals surface area contributed by atoms with Gasteiger partial charge in [0, 0.05) is 12.2 Å². The van der Waals surface area contributed by atoms with Crippen LogP contribution in [-0.2, 0) is 6.54 Å². The number of nitrogen functional groups attached to an aromatic ring is 1. The lowest BCUT2D eigenvalue weighted by atomic mass is 9.90. The fourth-order valence-corrected chi connectivity index (χ4v) is 2.18. The summed E-state index contributed by atoms with van der Waals surface area (Å²) < 4.78 is 0. The predicted octanol–water partition coefficient (Wildman–Crippen LogP) is 3.58. The van der Waals surface area contributed by atoms with Crippen LogP contribution in [0.2, 0.25) is 0 Å². The highest BCUT2D eigenvalue weighted by atomic mass is 15.0. The van der Waals surface area contributed by atoms with Crippen LogP contribution in [0.5, 0.6) is 0 Å². The number of nitrogens with two attached hydrogens (primary N) is 1. The van der Waals surface area contributed by atoms with Crippen LogP contribution in [0.1, 0.15) is 56.2 Å². The zero-order valence-electron chi connectivity index (χ0n) is 12.0.